The summed E-state index contributed by atoms with van der Waals surface area (Å²) >= 11 is 0. The van der Waals surface area contributed by atoms with Gasteiger partial charge in [0.25, 0.3) is 0 Å². The van der Waals surface area contributed by atoms with Gasteiger partial charge in [0.05, 0.1) is 22.8 Å². The molecule has 0 radical (unpaired) electrons. The number of nitrogens with zero attached hydrogens (tertiary/aromatic N) is 2. The predicted octanol–water partition coefficient (Wildman–Crippen LogP) is 19.5. The second kappa shape index (κ2) is 18.1. The van der Waals surface area contributed by atoms with Crippen molar-refractivity contribution in [2.45, 2.75) is 0 Å². The minimum atomic E-state index is 1.10. The summed E-state index contributed by atoms with van der Waals surface area (Å²) < 4.78 is 4.90. The van der Waals surface area contributed by atoms with Gasteiger partial charge in [0.1, 0.15) is 0 Å². The molecule has 0 atom stereocenters. The van der Waals surface area contributed by atoms with Crippen LogP contribution in [0.15, 0.2) is 291 Å². The van der Waals surface area contributed by atoms with Gasteiger partial charge in [-0.25, -0.2) is 0 Å². The largest absolute Gasteiger partial charge is 0.309 e. The van der Waals surface area contributed by atoms with Crippen molar-refractivity contribution in [1.29, 1.82) is 0 Å². The van der Waals surface area contributed by atoms with Crippen LogP contribution >= 0.6 is 0 Å². The maximum atomic E-state index is 2.46. The van der Waals surface area contributed by atoms with Gasteiger partial charge in [0.15, 0.2) is 0 Å². The third-order valence-electron chi connectivity index (χ3n) is 15.0. The lowest BCUT2D eigenvalue weighted by Crippen LogP contribution is -2.02. The van der Waals surface area contributed by atoms with Crippen molar-refractivity contribution in [2.24, 2.45) is 0 Å². The molecule has 2 aromatic heterocycles. The molecule has 14 rings (SSSR count). The fourth-order valence-electron chi connectivity index (χ4n) is 11.6. The molecule has 2 heterocycles. The van der Waals surface area contributed by atoms with E-state index in [-0.39, 0.29) is 0 Å². The lowest BCUT2D eigenvalue weighted by atomic mass is 9.84. The lowest BCUT2D eigenvalue weighted by Gasteiger charge is -2.22. The van der Waals surface area contributed by atoms with E-state index in [1.165, 1.54) is 70.9 Å². The van der Waals surface area contributed by atoms with E-state index in [1.807, 2.05) is 0 Å². The number of aromatic nitrogens is 2. The van der Waals surface area contributed by atoms with Crippen molar-refractivity contribution in [3.8, 4) is 89.8 Å². The molecule has 14 aromatic rings. The van der Waals surface area contributed by atoms with E-state index in [0.29, 0.717) is 0 Å². The van der Waals surface area contributed by atoms with E-state index >= 15 is 0 Å². The number of rotatable bonds is 9. The monoisotopic (exact) mass is 940 g/mol. The fraction of sp³-hybridized carbons (Fsp3) is 0. The summed E-state index contributed by atoms with van der Waals surface area (Å²) in [7, 11) is 0. The molecular formula is C72H48N2. The minimum Gasteiger partial charge on any atom is -0.309 e. The lowest BCUT2D eigenvalue weighted by molar-refractivity contribution is 1.10. The van der Waals surface area contributed by atoms with Gasteiger partial charge in [0.2, 0.25) is 0 Å². The third-order valence-corrected chi connectivity index (χ3v) is 15.0. The molecule has 0 saturated heterocycles. The first-order chi connectivity index (χ1) is 36.7. The van der Waals surface area contributed by atoms with Crippen LogP contribution in [0, 0.1) is 0 Å². The summed E-state index contributed by atoms with van der Waals surface area (Å²) in [4.78, 5) is 0. The average molecular weight is 941 g/mol. The van der Waals surface area contributed by atoms with Crippen LogP contribution in [0.5, 0.6) is 0 Å². The van der Waals surface area contributed by atoms with Gasteiger partial charge >= 0.3 is 0 Å². The molecule has 0 N–H and O–H groups in total. The highest BCUT2D eigenvalue weighted by Crippen LogP contribution is 2.48. The Labute approximate surface area is 431 Å². The van der Waals surface area contributed by atoms with Gasteiger partial charge in [0, 0.05) is 11.4 Å². The maximum Gasteiger partial charge on any atom is 0.0535 e. The van der Waals surface area contributed by atoms with E-state index in [9.17, 15) is 0 Å². The summed E-state index contributed by atoms with van der Waals surface area (Å²) in [6.45, 7) is 0. The SMILES string of the molecule is c1ccc(-c2ccc(-c3ccccc3)n2-c2ccc3c(-c4cccc5ccccc45)c4cc(-n5c(-c6ccccc6)ccc5-c5ccccc5)ccc4c(-c4ccc(-c5cccc6ccccc56)cc4)c3c2)cc1. The molecule has 0 bridgehead atoms. The molecule has 74 heavy (non-hydrogen) atoms. The average Bonchev–Trinajstić information content (AvgIpc) is 4.14. The number of hydrogen-bond donors (Lipinski definition) is 0. The summed E-state index contributed by atoms with van der Waals surface area (Å²) in [5.74, 6) is 0. The Kier molecular flexibility index (Phi) is 10.6. The second-order valence-corrected chi connectivity index (χ2v) is 19.2. The van der Waals surface area contributed by atoms with Crippen LogP contribution in [-0.2, 0) is 0 Å². The van der Waals surface area contributed by atoms with Crippen molar-refractivity contribution in [2.75, 3.05) is 0 Å². The van der Waals surface area contributed by atoms with Crippen LogP contribution in [0.25, 0.3) is 133 Å². The highest BCUT2D eigenvalue weighted by molar-refractivity contribution is 6.24. The maximum absolute atomic E-state index is 2.46. The minimum absolute atomic E-state index is 1.10. The quantitative estimate of drug-likeness (QED) is 0.128. The summed E-state index contributed by atoms with van der Waals surface area (Å²) in [5, 5.41) is 9.67. The number of hydrogen-bond acceptors (Lipinski definition) is 0. The summed E-state index contributed by atoms with van der Waals surface area (Å²) in [5.41, 5.74) is 18.6. The van der Waals surface area contributed by atoms with Crippen molar-refractivity contribution in [3.05, 3.63) is 291 Å². The van der Waals surface area contributed by atoms with Crippen LogP contribution in [0.1, 0.15) is 0 Å². The molecule has 0 aliphatic rings. The van der Waals surface area contributed by atoms with Crippen LogP contribution < -0.4 is 0 Å². The van der Waals surface area contributed by atoms with Crippen molar-refractivity contribution < 1.29 is 0 Å². The Balaban J connectivity index is 1.10. The first kappa shape index (κ1) is 43.1. The zero-order chi connectivity index (χ0) is 49.0. The second-order valence-electron chi connectivity index (χ2n) is 19.2. The third kappa shape index (κ3) is 7.35. The molecule has 0 saturated carbocycles. The first-order valence-electron chi connectivity index (χ1n) is 25.5. The standard InChI is InChI=1S/C72H48N2/c1-5-21-52(22-6-1)67-43-44-68(53-23-7-2-8-24-53)73(67)57-40-42-64-65(47-57)71(56-37-35-51(36-38-56)60-33-17-29-49-19-13-15-31-59(49)60)63-41-39-58(48-66(63)72(64)62-34-18-30-50-20-14-16-32-61(50)62)74-69(54-25-9-3-10-26-54)45-46-70(74)55-27-11-4-12-28-55/h1-48H. The fourth-order valence-corrected chi connectivity index (χ4v) is 11.6. The molecule has 0 spiro atoms. The molecule has 0 aliphatic carbocycles. The number of fused-ring (bicyclic) bond motifs is 4. The van der Waals surface area contributed by atoms with E-state index in [0.717, 1.165) is 62.0 Å². The molecule has 0 unspecified atom stereocenters. The van der Waals surface area contributed by atoms with E-state index in [2.05, 4.69) is 300 Å². The van der Waals surface area contributed by atoms with Crippen molar-refractivity contribution in [3.63, 3.8) is 0 Å². The van der Waals surface area contributed by atoms with Crippen LogP contribution in [-0.4, -0.2) is 9.13 Å². The number of benzene rings is 12. The molecule has 0 amide bonds. The highest BCUT2D eigenvalue weighted by Gasteiger charge is 2.23. The normalized spacial score (nSPS) is 11.5. The topological polar surface area (TPSA) is 9.86 Å². The molecular weight excluding hydrogens is 893 g/mol. The molecule has 12 aromatic carbocycles. The van der Waals surface area contributed by atoms with Crippen LogP contribution in [0.2, 0.25) is 0 Å². The molecule has 2 nitrogen and oxygen atoms in total. The van der Waals surface area contributed by atoms with E-state index in [4.69, 9.17) is 0 Å². The summed E-state index contributed by atoms with van der Waals surface area (Å²) in [6.07, 6.45) is 0. The zero-order valence-corrected chi connectivity index (χ0v) is 40.6. The molecule has 0 fully saturated rings. The Bertz CT molecular complexity index is 4250. The first-order valence-corrected chi connectivity index (χ1v) is 25.5. The van der Waals surface area contributed by atoms with Gasteiger partial charge < -0.3 is 9.13 Å². The molecule has 0 aliphatic heterocycles. The van der Waals surface area contributed by atoms with Crippen LogP contribution in [0.3, 0.4) is 0 Å². The van der Waals surface area contributed by atoms with Crippen molar-refractivity contribution in [1.82, 2.24) is 9.13 Å². The predicted molar refractivity (Wildman–Crippen MR) is 313 cm³/mol. The highest BCUT2D eigenvalue weighted by atomic mass is 15.0. The Morgan fingerprint density at radius 1 is 0.189 bits per heavy atom. The summed E-state index contributed by atoms with van der Waals surface area (Å²) in [6, 6.07) is 107. The van der Waals surface area contributed by atoms with Crippen LogP contribution in [0.4, 0.5) is 0 Å². The smallest absolute Gasteiger partial charge is 0.0535 e. The van der Waals surface area contributed by atoms with Gasteiger partial charge in [-0.1, -0.05) is 243 Å². The van der Waals surface area contributed by atoms with Gasteiger partial charge in [-0.2, -0.15) is 0 Å². The van der Waals surface area contributed by atoms with E-state index in [1.54, 1.807) is 0 Å². The van der Waals surface area contributed by atoms with Gasteiger partial charge in [-0.15, -0.1) is 0 Å². The Hall–Kier alpha value is -9.76. The zero-order valence-electron chi connectivity index (χ0n) is 40.6. The van der Waals surface area contributed by atoms with E-state index < -0.39 is 0 Å². The molecule has 2 heteroatoms. The van der Waals surface area contributed by atoms with Gasteiger partial charge in [-0.3, -0.25) is 0 Å². The molecule has 346 valence electrons. The van der Waals surface area contributed by atoms with Gasteiger partial charge in [-0.05, 0) is 147 Å². The Morgan fingerprint density at radius 3 is 1.00 bits per heavy atom. The van der Waals surface area contributed by atoms with Crippen molar-refractivity contribution >= 4 is 43.1 Å². The Morgan fingerprint density at radius 2 is 0.541 bits per heavy atom.